The van der Waals surface area contributed by atoms with E-state index in [0.717, 1.165) is 0 Å². The molecule has 0 aliphatic carbocycles. The normalized spacial score (nSPS) is 12.7. The van der Waals surface area contributed by atoms with E-state index in [1.54, 1.807) is 47.6 Å². The first-order valence-corrected chi connectivity index (χ1v) is 8.83. The Balaban J connectivity index is 0.00000676. The highest BCUT2D eigenvalue weighted by atomic mass is 35.5. The predicted octanol–water partition coefficient (Wildman–Crippen LogP) is 4.01. The van der Waals surface area contributed by atoms with Gasteiger partial charge in [-0.15, -0.1) is 12.4 Å². The van der Waals surface area contributed by atoms with Crippen molar-refractivity contribution < 1.29 is 24.2 Å². The molecule has 1 aromatic carbocycles. The molecule has 0 radical (unpaired) electrons. The molecule has 27 heavy (non-hydrogen) atoms. The number of nitrogens with one attached hydrogen (secondary N) is 1. The maximum Gasteiger partial charge on any atom is 0.316 e. The lowest BCUT2D eigenvalue weighted by atomic mass is 9.97. The second-order valence-corrected chi connectivity index (χ2v) is 8.32. The van der Waals surface area contributed by atoms with Gasteiger partial charge in [0, 0.05) is 6.54 Å². The molecule has 1 aromatic rings. The molecule has 154 valence electrons. The van der Waals surface area contributed by atoms with Gasteiger partial charge >= 0.3 is 11.9 Å². The lowest BCUT2D eigenvalue weighted by Gasteiger charge is -2.24. The quantitative estimate of drug-likeness (QED) is 0.553. The van der Waals surface area contributed by atoms with Crippen LogP contribution < -0.4 is 10.1 Å². The van der Waals surface area contributed by atoms with Crippen LogP contribution in [0.3, 0.4) is 0 Å². The number of benzene rings is 1. The van der Waals surface area contributed by atoms with E-state index in [1.807, 2.05) is 6.92 Å². The number of halogens is 1. The minimum atomic E-state index is -0.704. The van der Waals surface area contributed by atoms with E-state index >= 15 is 0 Å². The molecule has 0 aromatic heterocycles. The first-order valence-electron chi connectivity index (χ1n) is 8.83. The van der Waals surface area contributed by atoms with Crippen LogP contribution in [0.15, 0.2) is 18.2 Å². The highest BCUT2D eigenvalue weighted by Crippen LogP contribution is 2.33. The van der Waals surface area contributed by atoms with Gasteiger partial charge in [-0.2, -0.15) is 0 Å². The molecule has 0 aliphatic heterocycles. The van der Waals surface area contributed by atoms with Gasteiger partial charge in [0.15, 0.2) is 11.5 Å². The molecule has 0 aliphatic rings. The Morgan fingerprint density at radius 3 is 2.11 bits per heavy atom. The van der Waals surface area contributed by atoms with Crippen LogP contribution in [0.2, 0.25) is 0 Å². The Morgan fingerprint density at radius 1 is 1.07 bits per heavy atom. The zero-order valence-electron chi connectivity index (χ0n) is 17.2. The second-order valence-electron chi connectivity index (χ2n) is 8.32. The van der Waals surface area contributed by atoms with Crippen molar-refractivity contribution >= 4 is 24.3 Å². The van der Waals surface area contributed by atoms with Crippen LogP contribution in [0.1, 0.15) is 60.1 Å². The number of rotatable bonds is 6. The van der Waals surface area contributed by atoms with Gasteiger partial charge in [-0.05, 0) is 65.8 Å². The molecule has 1 atom stereocenters. The van der Waals surface area contributed by atoms with Gasteiger partial charge in [0.25, 0.3) is 0 Å². The summed E-state index contributed by atoms with van der Waals surface area (Å²) >= 11 is 0. The summed E-state index contributed by atoms with van der Waals surface area (Å²) in [6, 6.07) is 4.63. The Morgan fingerprint density at radius 2 is 1.63 bits per heavy atom. The highest BCUT2D eigenvalue weighted by Gasteiger charge is 2.28. The van der Waals surface area contributed by atoms with Crippen LogP contribution >= 0.6 is 12.4 Å². The van der Waals surface area contributed by atoms with E-state index in [-0.39, 0.29) is 29.9 Å². The molecular weight excluding hydrogens is 370 g/mol. The van der Waals surface area contributed by atoms with Crippen molar-refractivity contribution in [2.45, 2.75) is 54.6 Å². The second kappa shape index (κ2) is 9.95. The SMILES string of the molecule is CCNC[C@@H](OC(=O)C(C)(C)C)c1ccc(O)c(OC(=O)C(C)(C)C)c1.Cl. The number of phenolic OH excluding ortho intramolecular Hbond substituents is 1. The van der Waals surface area contributed by atoms with Crippen LogP contribution in [0.25, 0.3) is 0 Å². The lowest BCUT2D eigenvalue weighted by Crippen LogP contribution is -2.30. The first kappa shape index (κ1) is 25.2. The Hall–Kier alpha value is -1.79. The van der Waals surface area contributed by atoms with Crippen LogP contribution in [-0.4, -0.2) is 30.1 Å². The number of esters is 2. The molecule has 0 saturated heterocycles. The van der Waals surface area contributed by atoms with Gasteiger partial charge in [-0.25, -0.2) is 0 Å². The highest BCUT2D eigenvalue weighted by molar-refractivity contribution is 5.85. The van der Waals surface area contributed by atoms with Gasteiger partial charge in [0.1, 0.15) is 6.10 Å². The molecule has 6 nitrogen and oxygen atoms in total. The summed E-state index contributed by atoms with van der Waals surface area (Å²) in [5, 5.41) is 13.2. The molecule has 0 unspecified atom stereocenters. The van der Waals surface area contributed by atoms with Crippen molar-refractivity contribution in [3.05, 3.63) is 23.8 Å². The van der Waals surface area contributed by atoms with E-state index in [0.29, 0.717) is 18.7 Å². The van der Waals surface area contributed by atoms with Crippen molar-refractivity contribution in [1.29, 1.82) is 0 Å². The topological polar surface area (TPSA) is 84.9 Å². The third kappa shape index (κ3) is 7.77. The lowest BCUT2D eigenvalue weighted by molar-refractivity contribution is -0.159. The molecule has 0 heterocycles. The molecule has 0 saturated carbocycles. The Bertz CT molecular complexity index is 647. The van der Waals surface area contributed by atoms with Crippen molar-refractivity contribution in [3.63, 3.8) is 0 Å². The number of likely N-dealkylation sites (N-methyl/N-ethyl adjacent to an activating group) is 1. The Labute approximate surface area is 168 Å². The molecule has 0 amide bonds. The number of carbonyl (C=O) groups is 2. The average Bonchev–Trinajstić information content (AvgIpc) is 2.51. The fourth-order valence-electron chi connectivity index (χ4n) is 1.87. The summed E-state index contributed by atoms with van der Waals surface area (Å²) in [4.78, 5) is 24.4. The molecule has 7 heteroatoms. The first-order chi connectivity index (χ1) is 11.9. The molecule has 0 spiro atoms. The molecule has 0 bridgehead atoms. The van der Waals surface area contributed by atoms with Gasteiger partial charge in [-0.3, -0.25) is 9.59 Å². The zero-order valence-corrected chi connectivity index (χ0v) is 18.0. The maximum absolute atomic E-state index is 12.3. The third-order valence-corrected chi connectivity index (χ3v) is 3.61. The monoisotopic (exact) mass is 401 g/mol. The maximum atomic E-state index is 12.3. The standard InChI is InChI=1S/C20H31NO5.ClH/c1-8-21-12-16(26-18(24)20(5,6)7)13-9-10-14(22)15(11-13)25-17(23)19(2,3)4;/h9-11,16,21-22H,8,12H2,1-7H3;1H/t16-;/m1./s1. The predicted molar refractivity (Wildman–Crippen MR) is 107 cm³/mol. The third-order valence-electron chi connectivity index (χ3n) is 3.61. The van der Waals surface area contributed by atoms with Crippen LogP contribution in [0, 0.1) is 10.8 Å². The van der Waals surface area contributed by atoms with Gasteiger partial charge in [-0.1, -0.05) is 13.0 Å². The van der Waals surface area contributed by atoms with Crippen molar-refractivity contribution in [1.82, 2.24) is 5.32 Å². The summed E-state index contributed by atoms with van der Waals surface area (Å²) in [7, 11) is 0. The summed E-state index contributed by atoms with van der Waals surface area (Å²) in [5.41, 5.74) is -0.703. The summed E-state index contributed by atoms with van der Waals surface area (Å²) in [6.07, 6.45) is -0.561. The molecular formula is C20H32ClNO5. The number of ether oxygens (including phenoxy) is 2. The van der Waals surface area contributed by atoms with Crippen molar-refractivity contribution in [2.75, 3.05) is 13.1 Å². The summed E-state index contributed by atoms with van der Waals surface area (Å²) in [5.74, 6) is -0.881. The molecule has 0 fully saturated rings. The number of phenols is 1. The number of hydrogen-bond donors (Lipinski definition) is 2. The minimum absolute atomic E-state index is 0. The van der Waals surface area contributed by atoms with Crippen LogP contribution in [0.5, 0.6) is 11.5 Å². The van der Waals surface area contributed by atoms with Gasteiger partial charge < -0.3 is 19.9 Å². The molecule has 2 N–H and O–H groups in total. The fourth-order valence-corrected chi connectivity index (χ4v) is 1.87. The van der Waals surface area contributed by atoms with E-state index < -0.39 is 22.9 Å². The van der Waals surface area contributed by atoms with E-state index in [9.17, 15) is 14.7 Å². The van der Waals surface area contributed by atoms with Crippen LogP contribution in [-0.2, 0) is 14.3 Å². The Kier molecular flexibility index (Phi) is 9.29. The fraction of sp³-hybridized carbons (Fsp3) is 0.600. The van der Waals surface area contributed by atoms with E-state index in [1.165, 1.54) is 12.1 Å². The van der Waals surface area contributed by atoms with E-state index in [4.69, 9.17) is 9.47 Å². The van der Waals surface area contributed by atoms with Gasteiger partial charge in [0.05, 0.1) is 10.8 Å². The number of carbonyl (C=O) groups excluding carboxylic acids is 2. The number of aromatic hydroxyl groups is 1. The smallest absolute Gasteiger partial charge is 0.316 e. The minimum Gasteiger partial charge on any atom is -0.504 e. The zero-order chi connectivity index (χ0) is 20.1. The van der Waals surface area contributed by atoms with Crippen molar-refractivity contribution in [2.24, 2.45) is 10.8 Å². The van der Waals surface area contributed by atoms with Crippen molar-refractivity contribution in [3.8, 4) is 11.5 Å². The number of hydrogen-bond acceptors (Lipinski definition) is 6. The van der Waals surface area contributed by atoms with Crippen LogP contribution in [0.4, 0.5) is 0 Å². The largest absolute Gasteiger partial charge is 0.504 e. The summed E-state index contributed by atoms with van der Waals surface area (Å²) in [6.45, 7) is 13.6. The van der Waals surface area contributed by atoms with Gasteiger partial charge in [0.2, 0.25) is 0 Å². The average molecular weight is 402 g/mol. The molecule has 1 rings (SSSR count). The summed E-state index contributed by atoms with van der Waals surface area (Å²) < 4.78 is 11.0. The van der Waals surface area contributed by atoms with E-state index in [2.05, 4.69) is 5.32 Å².